The number of aliphatic carboxylic acids is 1. The minimum Gasteiger partial charge on any atom is -0.481 e. The molecular weight excluding hydrogens is 256 g/mol. The van der Waals surface area contributed by atoms with Crippen LogP contribution in [0.3, 0.4) is 0 Å². The summed E-state index contributed by atoms with van der Waals surface area (Å²) in [4.78, 5) is 21.8. The van der Waals surface area contributed by atoms with Gasteiger partial charge in [-0.3, -0.25) is 4.79 Å². The zero-order valence-corrected chi connectivity index (χ0v) is 12.0. The molecule has 1 aromatic rings. The molecule has 0 amide bonds. The van der Waals surface area contributed by atoms with Crippen LogP contribution >= 0.6 is 0 Å². The number of nitrogens with zero attached hydrogens (tertiary/aromatic N) is 3. The van der Waals surface area contributed by atoms with E-state index in [-0.39, 0.29) is 5.92 Å². The summed E-state index contributed by atoms with van der Waals surface area (Å²) in [5.74, 6) is 0.601. The van der Waals surface area contributed by atoms with Gasteiger partial charge in [0.15, 0.2) is 0 Å². The van der Waals surface area contributed by atoms with Gasteiger partial charge in [0.25, 0.3) is 0 Å². The number of carbonyl (C=O) groups is 1. The molecule has 20 heavy (non-hydrogen) atoms. The Labute approximate surface area is 119 Å². The molecule has 1 aliphatic rings. The number of piperidine rings is 1. The van der Waals surface area contributed by atoms with Crippen molar-refractivity contribution in [2.24, 2.45) is 5.92 Å². The summed E-state index contributed by atoms with van der Waals surface area (Å²) in [5, 5.41) is 12.3. The van der Waals surface area contributed by atoms with Crippen molar-refractivity contribution in [1.82, 2.24) is 9.97 Å². The highest BCUT2D eigenvalue weighted by atomic mass is 16.4. The molecule has 0 saturated carbocycles. The average Bonchev–Trinajstić information content (AvgIpc) is 2.47. The topological polar surface area (TPSA) is 78.4 Å². The molecule has 2 rings (SSSR count). The van der Waals surface area contributed by atoms with Crippen LogP contribution in [0.25, 0.3) is 0 Å². The molecule has 6 nitrogen and oxygen atoms in total. The molecule has 1 aromatic heterocycles. The van der Waals surface area contributed by atoms with Crippen molar-refractivity contribution in [2.75, 3.05) is 23.3 Å². The normalized spacial score (nSPS) is 17.8. The van der Waals surface area contributed by atoms with Crippen molar-refractivity contribution in [3.8, 4) is 0 Å². The predicted octanol–water partition coefficient (Wildman–Crippen LogP) is 1.99. The highest BCUT2D eigenvalue weighted by Crippen LogP contribution is 2.22. The Hall–Kier alpha value is -1.85. The summed E-state index contributed by atoms with van der Waals surface area (Å²) in [6.07, 6.45) is 4.11. The molecule has 0 radical (unpaired) electrons. The van der Waals surface area contributed by atoms with Crippen LogP contribution in [-0.2, 0) is 4.79 Å². The number of rotatable bonds is 5. The Morgan fingerprint density at radius 2 is 2.25 bits per heavy atom. The minimum atomic E-state index is -0.688. The summed E-state index contributed by atoms with van der Waals surface area (Å²) >= 11 is 0. The van der Waals surface area contributed by atoms with Crippen LogP contribution < -0.4 is 10.2 Å². The maximum atomic E-state index is 11.0. The minimum absolute atomic E-state index is 0.217. The first kappa shape index (κ1) is 14.6. The highest BCUT2D eigenvalue weighted by molar-refractivity contribution is 5.70. The first-order valence-electron chi connectivity index (χ1n) is 7.17. The van der Waals surface area contributed by atoms with Gasteiger partial charge >= 0.3 is 5.97 Å². The van der Waals surface area contributed by atoms with Gasteiger partial charge in [0.05, 0.1) is 5.92 Å². The van der Waals surface area contributed by atoms with E-state index in [9.17, 15) is 4.79 Å². The quantitative estimate of drug-likeness (QED) is 0.857. The zero-order chi connectivity index (χ0) is 14.5. The second-order valence-corrected chi connectivity index (χ2v) is 5.29. The standard InChI is InChI=1S/C14H22N4O2/c1-3-10(2)16-14-15-7-4-12(17-14)18-8-5-11(6-9-18)13(19)20/h4,7,10-11H,3,5-6,8-9H2,1-2H3,(H,19,20)(H,15,16,17). The van der Waals surface area contributed by atoms with Gasteiger partial charge in [-0.2, -0.15) is 4.98 Å². The Bertz CT molecular complexity index is 458. The summed E-state index contributed by atoms with van der Waals surface area (Å²) in [5.41, 5.74) is 0. The second kappa shape index (κ2) is 6.54. The summed E-state index contributed by atoms with van der Waals surface area (Å²) in [6, 6.07) is 2.21. The van der Waals surface area contributed by atoms with E-state index in [1.807, 2.05) is 6.07 Å². The van der Waals surface area contributed by atoms with Crippen LogP contribution in [0.2, 0.25) is 0 Å². The van der Waals surface area contributed by atoms with Crippen molar-refractivity contribution in [2.45, 2.75) is 39.2 Å². The molecule has 1 fully saturated rings. The van der Waals surface area contributed by atoms with Crippen molar-refractivity contribution in [3.05, 3.63) is 12.3 Å². The molecule has 1 aliphatic heterocycles. The van der Waals surface area contributed by atoms with Gasteiger partial charge in [0.2, 0.25) is 5.95 Å². The summed E-state index contributed by atoms with van der Waals surface area (Å²) in [7, 11) is 0. The molecule has 0 aromatic carbocycles. The molecule has 6 heteroatoms. The average molecular weight is 278 g/mol. The van der Waals surface area contributed by atoms with Crippen molar-refractivity contribution in [1.29, 1.82) is 0 Å². The lowest BCUT2D eigenvalue weighted by molar-refractivity contribution is -0.142. The monoisotopic (exact) mass is 278 g/mol. The molecule has 1 unspecified atom stereocenters. The molecule has 0 spiro atoms. The second-order valence-electron chi connectivity index (χ2n) is 5.29. The van der Waals surface area contributed by atoms with E-state index in [0.29, 0.717) is 24.8 Å². The Morgan fingerprint density at radius 1 is 1.55 bits per heavy atom. The van der Waals surface area contributed by atoms with Crippen LogP contribution in [0, 0.1) is 5.92 Å². The predicted molar refractivity (Wildman–Crippen MR) is 78.0 cm³/mol. The van der Waals surface area contributed by atoms with Crippen LogP contribution in [-0.4, -0.2) is 40.2 Å². The van der Waals surface area contributed by atoms with Gasteiger partial charge in [0, 0.05) is 25.3 Å². The Kier molecular flexibility index (Phi) is 4.76. The maximum absolute atomic E-state index is 11.0. The van der Waals surface area contributed by atoms with Gasteiger partial charge in [-0.05, 0) is 32.3 Å². The fourth-order valence-corrected chi connectivity index (χ4v) is 2.27. The molecule has 1 saturated heterocycles. The van der Waals surface area contributed by atoms with Crippen LogP contribution in [0.15, 0.2) is 12.3 Å². The Morgan fingerprint density at radius 3 is 2.85 bits per heavy atom. The summed E-state index contributed by atoms with van der Waals surface area (Å²) < 4.78 is 0. The number of carboxylic acids is 1. The first-order valence-corrected chi connectivity index (χ1v) is 7.17. The van der Waals surface area contributed by atoms with Gasteiger partial charge in [-0.15, -0.1) is 0 Å². The largest absolute Gasteiger partial charge is 0.481 e. The van der Waals surface area contributed by atoms with Crippen molar-refractivity contribution >= 4 is 17.7 Å². The lowest BCUT2D eigenvalue weighted by atomic mass is 9.97. The van der Waals surface area contributed by atoms with Gasteiger partial charge in [-0.1, -0.05) is 6.92 Å². The number of hydrogen-bond donors (Lipinski definition) is 2. The highest BCUT2D eigenvalue weighted by Gasteiger charge is 2.25. The van der Waals surface area contributed by atoms with E-state index >= 15 is 0 Å². The van der Waals surface area contributed by atoms with E-state index in [0.717, 1.165) is 25.3 Å². The third-order valence-corrected chi connectivity index (χ3v) is 3.80. The summed E-state index contributed by atoms with van der Waals surface area (Å²) in [6.45, 7) is 5.67. The lowest BCUT2D eigenvalue weighted by Gasteiger charge is -2.31. The molecule has 0 bridgehead atoms. The number of hydrogen-bond acceptors (Lipinski definition) is 5. The third kappa shape index (κ3) is 3.59. The fraction of sp³-hybridized carbons (Fsp3) is 0.643. The fourth-order valence-electron chi connectivity index (χ4n) is 2.27. The SMILES string of the molecule is CCC(C)Nc1nccc(N2CCC(C(=O)O)CC2)n1. The molecule has 0 aliphatic carbocycles. The van der Waals surface area contributed by atoms with Crippen LogP contribution in [0.4, 0.5) is 11.8 Å². The Balaban J connectivity index is 1.99. The van der Waals surface area contributed by atoms with Crippen molar-refractivity contribution in [3.63, 3.8) is 0 Å². The molecule has 1 atom stereocenters. The van der Waals surface area contributed by atoms with Crippen LogP contribution in [0.1, 0.15) is 33.1 Å². The van der Waals surface area contributed by atoms with E-state index < -0.39 is 5.97 Å². The molecule has 2 heterocycles. The first-order chi connectivity index (χ1) is 9.60. The van der Waals surface area contributed by atoms with E-state index in [4.69, 9.17) is 5.11 Å². The smallest absolute Gasteiger partial charge is 0.306 e. The number of carboxylic acid groups (broad SMARTS) is 1. The van der Waals surface area contributed by atoms with Gasteiger partial charge < -0.3 is 15.3 Å². The maximum Gasteiger partial charge on any atom is 0.306 e. The van der Waals surface area contributed by atoms with E-state index in [1.165, 1.54) is 0 Å². The zero-order valence-electron chi connectivity index (χ0n) is 12.0. The van der Waals surface area contributed by atoms with Gasteiger partial charge in [-0.25, -0.2) is 4.98 Å². The number of aromatic nitrogens is 2. The van der Waals surface area contributed by atoms with Crippen molar-refractivity contribution < 1.29 is 9.90 Å². The van der Waals surface area contributed by atoms with Gasteiger partial charge in [0.1, 0.15) is 5.82 Å². The lowest BCUT2D eigenvalue weighted by Crippen LogP contribution is -2.36. The number of nitrogens with one attached hydrogen (secondary N) is 1. The third-order valence-electron chi connectivity index (χ3n) is 3.80. The number of anilines is 2. The molecule has 2 N–H and O–H groups in total. The molecular formula is C14H22N4O2. The van der Waals surface area contributed by atoms with E-state index in [1.54, 1.807) is 6.20 Å². The molecule has 110 valence electrons. The van der Waals surface area contributed by atoms with Crippen LogP contribution in [0.5, 0.6) is 0 Å². The van der Waals surface area contributed by atoms with E-state index in [2.05, 4.69) is 34.0 Å².